The molecule has 4 rings (SSSR count). The first-order chi connectivity index (χ1) is 12.6. The molecule has 0 nitrogen and oxygen atoms in total. The molecule has 0 heterocycles. The predicted molar refractivity (Wildman–Crippen MR) is 103 cm³/mol. The normalized spacial score (nSPS) is 33.5. The van der Waals surface area contributed by atoms with Crippen LogP contribution in [-0.4, -0.2) is 0 Å². The van der Waals surface area contributed by atoms with Gasteiger partial charge >= 0.3 is 0 Å². The van der Waals surface area contributed by atoms with Crippen LogP contribution in [-0.2, 0) is 0 Å². The van der Waals surface area contributed by atoms with Crippen molar-refractivity contribution < 1.29 is 8.78 Å². The molecule has 0 amide bonds. The summed E-state index contributed by atoms with van der Waals surface area (Å²) in [6, 6.07) is 3.82. The molecule has 3 aliphatic rings. The van der Waals surface area contributed by atoms with Gasteiger partial charge in [0.05, 0.1) is 0 Å². The number of rotatable bonds is 3. The topological polar surface area (TPSA) is 0 Å². The Labute approximate surface area is 157 Å². The lowest BCUT2D eigenvalue weighted by molar-refractivity contribution is 0.164. The van der Waals surface area contributed by atoms with E-state index in [0.717, 1.165) is 56.3 Å². The molecular formula is C24H34F2. The molecule has 1 aromatic carbocycles. The van der Waals surface area contributed by atoms with Gasteiger partial charge in [-0.15, -0.1) is 0 Å². The van der Waals surface area contributed by atoms with E-state index in [1.54, 1.807) is 0 Å². The van der Waals surface area contributed by atoms with Crippen molar-refractivity contribution in [2.75, 3.05) is 0 Å². The number of hydrogen-bond donors (Lipinski definition) is 0. The third-order valence-electron chi connectivity index (χ3n) is 7.88. The summed E-state index contributed by atoms with van der Waals surface area (Å²) < 4.78 is 29.5. The molecule has 0 bridgehead atoms. The zero-order valence-corrected chi connectivity index (χ0v) is 16.3. The maximum Gasteiger partial charge on any atom is 0.162 e. The minimum atomic E-state index is -0.544. The molecule has 144 valence electrons. The third kappa shape index (κ3) is 3.71. The van der Waals surface area contributed by atoms with E-state index in [2.05, 4.69) is 6.92 Å². The van der Waals surface area contributed by atoms with Gasteiger partial charge in [0.2, 0.25) is 0 Å². The van der Waals surface area contributed by atoms with Gasteiger partial charge in [-0.2, -0.15) is 0 Å². The van der Waals surface area contributed by atoms with Crippen LogP contribution in [0.25, 0.3) is 0 Å². The Balaban J connectivity index is 1.40. The Hall–Kier alpha value is -0.920. The second-order valence-electron chi connectivity index (χ2n) is 9.49. The second kappa shape index (κ2) is 7.98. The summed E-state index contributed by atoms with van der Waals surface area (Å²) in [6.07, 6.45) is 14.3. The molecule has 0 spiro atoms. The standard InChI is InChI=1S/C24H34F2/c1-16-6-8-17(9-7-16)18-10-12-20(13-11-18)22-15-14-21(23(25)24(22)26)19-4-2-3-5-19/h14-20H,2-13H2,1H3. The predicted octanol–water partition coefficient (Wildman–Crippen LogP) is 7.72. The van der Waals surface area contributed by atoms with Crippen LogP contribution < -0.4 is 0 Å². The van der Waals surface area contributed by atoms with Crippen LogP contribution in [0.4, 0.5) is 8.78 Å². The van der Waals surface area contributed by atoms with E-state index in [9.17, 15) is 8.78 Å². The Bertz CT molecular complexity index is 601. The van der Waals surface area contributed by atoms with Crippen molar-refractivity contribution in [2.45, 2.75) is 95.8 Å². The Kier molecular flexibility index (Phi) is 5.66. The monoisotopic (exact) mass is 360 g/mol. The fourth-order valence-electron chi connectivity index (χ4n) is 6.11. The van der Waals surface area contributed by atoms with Crippen molar-refractivity contribution in [2.24, 2.45) is 17.8 Å². The molecular weight excluding hydrogens is 326 g/mol. The van der Waals surface area contributed by atoms with Gasteiger partial charge < -0.3 is 0 Å². The van der Waals surface area contributed by atoms with Gasteiger partial charge in [-0.05, 0) is 92.1 Å². The van der Waals surface area contributed by atoms with Crippen LogP contribution in [0.3, 0.4) is 0 Å². The average molecular weight is 361 g/mol. The molecule has 26 heavy (non-hydrogen) atoms. The minimum absolute atomic E-state index is 0.223. The molecule has 0 aliphatic heterocycles. The van der Waals surface area contributed by atoms with Gasteiger partial charge in [0, 0.05) is 0 Å². The van der Waals surface area contributed by atoms with E-state index in [0.29, 0.717) is 11.1 Å². The molecule has 0 N–H and O–H groups in total. The highest BCUT2D eigenvalue weighted by Gasteiger charge is 2.32. The summed E-state index contributed by atoms with van der Waals surface area (Å²) in [5.41, 5.74) is 1.29. The largest absolute Gasteiger partial charge is 0.203 e. The molecule has 0 saturated heterocycles. The molecule has 3 aliphatic carbocycles. The number of halogens is 2. The molecule has 1 aromatic rings. The Morgan fingerprint density at radius 3 is 1.54 bits per heavy atom. The van der Waals surface area contributed by atoms with Crippen LogP contribution >= 0.6 is 0 Å². The zero-order valence-electron chi connectivity index (χ0n) is 16.3. The lowest BCUT2D eigenvalue weighted by Crippen LogP contribution is -2.25. The van der Waals surface area contributed by atoms with Crippen LogP contribution in [0, 0.1) is 29.4 Å². The highest BCUT2D eigenvalue weighted by Crippen LogP contribution is 2.45. The van der Waals surface area contributed by atoms with Crippen LogP contribution in [0.15, 0.2) is 12.1 Å². The first-order valence-electron chi connectivity index (χ1n) is 11.1. The lowest BCUT2D eigenvalue weighted by atomic mass is 9.68. The summed E-state index contributed by atoms with van der Waals surface area (Å²) in [5, 5.41) is 0. The maximum absolute atomic E-state index is 14.8. The summed E-state index contributed by atoms with van der Waals surface area (Å²) in [7, 11) is 0. The van der Waals surface area contributed by atoms with E-state index >= 15 is 0 Å². The molecule has 0 aromatic heterocycles. The van der Waals surface area contributed by atoms with E-state index in [1.807, 2.05) is 12.1 Å². The van der Waals surface area contributed by atoms with Crippen molar-refractivity contribution in [3.05, 3.63) is 34.9 Å². The average Bonchev–Trinajstić information content (AvgIpc) is 3.19. The van der Waals surface area contributed by atoms with Crippen molar-refractivity contribution in [3.63, 3.8) is 0 Å². The lowest BCUT2D eigenvalue weighted by Gasteiger charge is -2.37. The maximum atomic E-state index is 14.8. The van der Waals surface area contributed by atoms with E-state index < -0.39 is 11.6 Å². The Morgan fingerprint density at radius 1 is 0.615 bits per heavy atom. The van der Waals surface area contributed by atoms with Gasteiger partial charge in [0.15, 0.2) is 11.6 Å². The van der Waals surface area contributed by atoms with Crippen molar-refractivity contribution in [1.82, 2.24) is 0 Å². The van der Waals surface area contributed by atoms with E-state index in [1.165, 1.54) is 38.5 Å². The fraction of sp³-hybridized carbons (Fsp3) is 0.750. The summed E-state index contributed by atoms with van der Waals surface area (Å²) in [4.78, 5) is 0. The van der Waals surface area contributed by atoms with Gasteiger partial charge in [0.1, 0.15) is 0 Å². The highest BCUT2D eigenvalue weighted by atomic mass is 19.2. The zero-order chi connectivity index (χ0) is 18.1. The first-order valence-corrected chi connectivity index (χ1v) is 11.1. The van der Waals surface area contributed by atoms with Gasteiger partial charge in [0.25, 0.3) is 0 Å². The summed E-state index contributed by atoms with van der Waals surface area (Å²) in [5.74, 6) is 1.99. The molecule has 0 unspecified atom stereocenters. The molecule has 2 heteroatoms. The quantitative estimate of drug-likeness (QED) is 0.517. The van der Waals surface area contributed by atoms with Gasteiger partial charge in [-0.1, -0.05) is 44.7 Å². The summed E-state index contributed by atoms with van der Waals surface area (Å²) in [6.45, 7) is 2.37. The van der Waals surface area contributed by atoms with Gasteiger partial charge in [-0.25, -0.2) is 8.78 Å². The first kappa shape index (κ1) is 18.4. The van der Waals surface area contributed by atoms with E-state index in [-0.39, 0.29) is 11.8 Å². The SMILES string of the molecule is CC1CCC(C2CCC(c3ccc(C4CCCC4)c(F)c3F)CC2)CC1. The third-order valence-corrected chi connectivity index (χ3v) is 7.88. The number of hydrogen-bond acceptors (Lipinski definition) is 0. The molecule has 0 atom stereocenters. The number of benzene rings is 1. The smallest absolute Gasteiger partial charge is 0.162 e. The van der Waals surface area contributed by atoms with Gasteiger partial charge in [-0.3, -0.25) is 0 Å². The summed E-state index contributed by atoms with van der Waals surface area (Å²) >= 11 is 0. The fourth-order valence-corrected chi connectivity index (χ4v) is 6.11. The second-order valence-corrected chi connectivity index (χ2v) is 9.49. The van der Waals surface area contributed by atoms with Crippen LogP contribution in [0.1, 0.15) is 107 Å². The highest BCUT2D eigenvalue weighted by molar-refractivity contribution is 5.32. The molecule has 3 saturated carbocycles. The molecule has 0 radical (unpaired) electrons. The van der Waals surface area contributed by atoms with Crippen LogP contribution in [0.5, 0.6) is 0 Å². The van der Waals surface area contributed by atoms with Crippen LogP contribution in [0.2, 0.25) is 0 Å². The molecule has 3 fully saturated rings. The minimum Gasteiger partial charge on any atom is -0.203 e. The van der Waals surface area contributed by atoms with Crippen molar-refractivity contribution in [1.29, 1.82) is 0 Å². The van der Waals surface area contributed by atoms with Crippen molar-refractivity contribution >= 4 is 0 Å². The van der Waals surface area contributed by atoms with Crippen molar-refractivity contribution in [3.8, 4) is 0 Å². The van der Waals surface area contributed by atoms with E-state index in [4.69, 9.17) is 0 Å². The Morgan fingerprint density at radius 2 is 1.04 bits per heavy atom.